The summed E-state index contributed by atoms with van der Waals surface area (Å²) in [6.07, 6.45) is 1.77. The van der Waals surface area contributed by atoms with Gasteiger partial charge in [0.2, 0.25) is 6.79 Å². The Kier molecular flexibility index (Phi) is 10.7. The van der Waals surface area contributed by atoms with Crippen molar-refractivity contribution in [3.8, 4) is 34.5 Å². The first-order valence-electron chi connectivity index (χ1n) is 16.1. The molecule has 0 fully saturated rings. The molecule has 0 spiro atoms. The van der Waals surface area contributed by atoms with Crippen LogP contribution in [-0.4, -0.2) is 58.0 Å². The molecule has 0 bridgehead atoms. The molecule has 12 nitrogen and oxygen atoms in total. The van der Waals surface area contributed by atoms with Crippen molar-refractivity contribution in [3.05, 3.63) is 102 Å². The average Bonchev–Trinajstić information content (AvgIpc) is 3.71. The molecule has 0 aliphatic carbocycles. The van der Waals surface area contributed by atoms with E-state index in [2.05, 4.69) is 0 Å². The SMILES string of the molecule is CCOc1cc(/C=c2/sc3n(c2=O)[C@H](c2cccc(OC)c2OCC)C(C(=O)OCCOC)=C(C)N=3)ccc1OCc1ccc2c(c1)OCO2. The first kappa shape index (κ1) is 34.6. The van der Waals surface area contributed by atoms with Gasteiger partial charge in [-0.05, 0) is 68.3 Å². The quantitative estimate of drug-likeness (QED) is 0.137. The van der Waals surface area contributed by atoms with Crippen LogP contribution >= 0.6 is 11.3 Å². The molecule has 0 radical (unpaired) electrons. The Labute approximate surface area is 292 Å². The van der Waals surface area contributed by atoms with Crippen LogP contribution in [0, 0.1) is 0 Å². The standard InChI is InChI=1S/C37H38N2O10S/c1-6-44-29-17-23(11-13-26(29)47-20-24-12-14-27-30(18-24)49-21-48-27)19-31-35(40)39-33(25-9-8-10-28(43-5)34(25)45-7-2)32(22(3)38-37(39)50-31)36(41)46-16-15-42-4/h8-14,17-19,33H,6-7,15-16,20-21H2,1-5H3/b31-19+/t33-/m1/s1. The Morgan fingerprint density at radius 2 is 1.78 bits per heavy atom. The number of allylic oxidation sites excluding steroid dienone is 1. The summed E-state index contributed by atoms with van der Waals surface area (Å²) in [6, 6.07) is 15.6. The highest BCUT2D eigenvalue weighted by Gasteiger charge is 2.36. The van der Waals surface area contributed by atoms with E-state index in [-0.39, 0.29) is 37.7 Å². The van der Waals surface area contributed by atoms with Gasteiger partial charge < -0.3 is 37.9 Å². The fourth-order valence-electron chi connectivity index (χ4n) is 5.73. The maximum absolute atomic E-state index is 14.3. The molecule has 50 heavy (non-hydrogen) atoms. The molecular weight excluding hydrogens is 664 g/mol. The Balaban J connectivity index is 1.39. The molecule has 6 rings (SSSR count). The van der Waals surface area contributed by atoms with Crippen LogP contribution in [-0.2, 0) is 20.9 Å². The van der Waals surface area contributed by atoms with Gasteiger partial charge in [0.25, 0.3) is 5.56 Å². The van der Waals surface area contributed by atoms with Crippen molar-refractivity contribution in [1.82, 2.24) is 4.57 Å². The summed E-state index contributed by atoms with van der Waals surface area (Å²) in [5, 5.41) is 0. The van der Waals surface area contributed by atoms with E-state index in [1.54, 1.807) is 25.1 Å². The van der Waals surface area contributed by atoms with E-state index in [9.17, 15) is 9.59 Å². The van der Waals surface area contributed by atoms with Crippen LogP contribution in [0.2, 0.25) is 0 Å². The van der Waals surface area contributed by atoms with Crippen LogP contribution in [0.25, 0.3) is 6.08 Å². The van der Waals surface area contributed by atoms with Gasteiger partial charge in [-0.1, -0.05) is 35.6 Å². The molecule has 1 aromatic heterocycles. The summed E-state index contributed by atoms with van der Waals surface area (Å²) >= 11 is 1.22. The maximum atomic E-state index is 14.3. The first-order valence-corrected chi connectivity index (χ1v) is 16.9. The first-order chi connectivity index (χ1) is 24.4. The molecule has 262 valence electrons. The number of carbonyl (C=O) groups excluding carboxylic acids is 1. The van der Waals surface area contributed by atoms with E-state index in [4.69, 9.17) is 42.9 Å². The van der Waals surface area contributed by atoms with Gasteiger partial charge in [-0.15, -0.1) is 0 Å². The normalized spacial score (nSPS) is 15.0. The number of carbonyl (C=O) groups is 1. The minimum absolute atomic E-state index is 0.0399. The molecule has 0 N–H and O–H groups in total. The average molecular weight is 703 g/mol. The van der Waals surface area contributed by atoms with Gasteiger partial charge in [0.1, 0.15) is 19.3 Å². The molecule has 4 aromatic rings. The molecule has 2 aliphatic heterocycles. The third-order valence-electron chi connectivity index (χ3n) is 7.97. The van der Waals surface area contributed by atoms with Gasteiger partial charge in [0.05, 0.1) is 42.7 Å². The molecule has 0 saturated heterocycles. The molecular formula is C37H38N2O10S. The predicted molar refractivity (Wildman–Crippen MR) is 185 cm³/mol. The third-order valence-corrected chi connectivity index (χ3v) is 8.95. The zero-order valence-corrected chi connectivity index (χ0v) is 29.3. The monoisotopic (exact) mass is 702 g/mol. The number of hydrogen-bond acceptors (Lipinski definition) is 12. The number of hydrogen-bond donors (Lipinski definition) is 0. The van der Waals surface area contributed by atoms with Crippen LogP contribution in [0.3, 0.4) is 0 Å². The number of methoxy groups -OCH3 is 2. The fourth-order valence-corrected chi connectivity index (χ4v) is 6.77. The number of rotatable bonds is 14. The van der Waals surface area contributed by atoms with Crippen LogP contribution in [0.1, 0.15) is 43.5 Å². The number of para-hydroxylation sites is 1. The Bertz CT molecular complexity index is 2100. The number of benzene rings is 3. The highest BCUT2D eigenvalue weighted by Crippen LogP contribution is 2.41. The van der Waals surface area contributed by atoms with Gasteiger partial charge in [0, 0.05) is 12.7 Å². The fraction of sp³-hybridized carbons (Fsp3) is 0.324. The zero-order valence-electron chi connectivity index (χ0n) is 28.5. The zero-order chi connectivity index (χ0) is 35.2. The smallest absolute Gasteiger partial charge is 0.338 e. The minimum atomic E-state index is -0.897. The van der Waals surface area contributed by atoms with Crippen molar-refractivity contribution >= 4 is 23.4 Å². The summed E-state index contributed by atoms with van der Waals surface area (Å²) in [5.74, 6) is 2.76. The Hall–Kier alpha value is -5.27. The predicted octanol–water partition coefficient (Wildman–Crippen LogP) is 4.54. The Morgan fingerprint density at radius 3 is 2.56 bits per heavy atom. The summed E-state index contributed by atoms with van der Waals surface area (Å²) in [6.45, 7) is 6.98. The molecule has 3 aromatic carbocycles. The summed E-state index contributed by atoms with van der Waals surface area (Å²) in [5.41, 5.74) is 2.51. The summed E-state index contributed by atoms with van der Waals surface area (Å²) < 4.78 is 47.2. The highest BCUT2D eigenvalue weighted by molar-refractivity contribution is 7.07. The summed E-state index contributed by atoms with van der Waals surface area (Å²) in [7, 11) is 3.06. The maximum Gasteiger partial charge on any atom is 0.338 e. The lowest BCUT2D eigenvalue weighted by Crippen LogP contribution is -2.40. The minimum Gasteiger partial charge on any atom is -0.493 e. The number of esters is 1. The Morgan fingerprint density at radius 1 is 0.960 bits per heavy atom. The van der Waals surface area contributed by atoms with Crippen molar-refractivity contribution in [2.75, 3.05) is 47.4 Å². The molecule has 0 amide bonds. The number of aromatic nitrogens is 1. The number of ether oxygens (including phenoxy) is 8. The number of nitrogens with zero attached hydrogens (tertiary/aromatic N) is 2. The van der Waals surface area contributed by atoms with Gasteiger partial charge in [0.15, 0.2) is 39.3 Å². The van der Waals surface area contributed by atoms with Crippen LogP contribution in [0.4, 0.5) is 0 Å². The van der Waals surface area contributed by atoms with Crippen LogP contribution < -0.4 is 43.3 Å². The van der Waals surface area contributed by atoms with E-state index < -0.39 is 12.0 Å². The van der Waals surface area contributed by atoms with Crippen molar-refractivity contribution in [2.45, 2.75) is 33.4 Å². The van der Waals surface area contributed by atoms with Crippen molar-refractivity contribution < 1.29 is 42.7 Å². The molecule has 0 unspecified atom stereocenters. The molecule has 3 heterocycles. The second-order valence-corrected chi connectivity index (χ2v) is 12.1. The third kappa shape index (κ3) is 7.05. The number of thiazole rings is 1. The van der Waals surface area contributed by atoms with Gasteiger partial charge >= 0.3 is 5.97 Å². The second kappa shape index (κ2) is 15.5. The summed E-state index contributed by atoms with van der Waals surface area (Å²) in [4.78, 5) is 33.1. The number of fused-ring (bicyclic) bond motifs is 2. The van der Waals surface area contributed by atoms with Crippen LogP contribution in [0.5, 0.6) is 34.5 Å². The van der Waals surface area contributed by atoms with Crippen molar-refractivity contribution in [3.63, 3.8) is 0 Å². The second-order valence-electron chi connectivity index (χ2n) is 11.1. The van der Waals surface area contributed by atoms with Crippen LogP contribution in [0.15, 0.2) is 75.7 Å². The van der Waals surface area contributed by atoms with Gasteiger partial charge in [-0.2, -0.15) is 0 Å². The van der Waals surface area contributed by atoms with E-state index >= 15 is 0 Å². The lowest BCUT2D eigenvalue weighted by atomic mass is 9.94. The lowest BCUT2D eigenvalue weighted by molar-refractivity contribution is -0.140. The molecule has 1 atom stereocenters. The molecule has 0 saturated carbocycles. The van der Waals surface area contributed by atoms with Gasteiger partial charge in [-0.3, -0.25) is 9.36 Å². The topological polar surface area (TPSA) is 125 Å². The lowest BCUT2D eigenvalue weighted by Gasteiger charge is -2.27. The largest absolute Gasteiger partial charge is 0.493 e. The van der Waals surface area contributed by atoms with Crippen molar-refractivity contribution in [1.29, 1.82) is 0 Å². The van der Waals surface area contributed by atoms with E-state index in [1.807, 2.05) is 56.3 Å². The van der Waals surface area contributed by atoms with Crippen molar-refractivity contribution in [2.24, 2.45) is 4.99 Å². The molecule has 2 aliphatic rings. The molecule has 13 heteroatoms. The van der Waals surface area contributed by atoms with E-state index in [0.717, 1.165) is 11.1 Å². The van der Waals surface area contributed by atoms with E-state index in [0.29, 0.717) is 68.3 Å². The highest BCUT2D eigenvalue weighted by atomic mass is 32.1. The van der Waals surface area contributed by atoms with E-state index in [1.165, 1.54) is 30.1 Å². The van der Waals surface area contributed by atoms with Gasteiger partial charge in [-0.25, -0.2) is 9.79 Å².